The largest absolute Gasteiger partial charge is 0.481 e. The fourth-order valence-corrected chi connectivity index (χ4v) is 1.38. The van der Waals surface area contributed by atoms with Crippen molar-refractivity contribution >= 4 is 34.2 Å². The molecule has 1 aromatic heterocycles. The predicted octanol–water partition coefficient (Wildman–Crippen LogP) is 1.02. The number of pyridine rings is 1. The van der Waals surface area contributed by atoms with Crippen molar-refractivity contribution in [3.8, 4) is 5.75 Å². The van der Waals surface area contributed by atoms with Crippen molar-refractivity contribution < 1.29 is 9.53 Å². The molecule has 12 heavy (non-hydrogen) atoms. The van der Waals surface area contributed by atoms with Gasteiger partial charge in [0, 0.05) is 6.07 Å². The second kappa shape index (κ2) is 2.89. The van der Waals surface area contributed by atoms with E-state index in [-0.39, 0.29) is 12.5 Å². The van der Waals surface area contributed by atoms with Gasteiger partial charge in [-0.3, -0.25) is 4.79 Å². The fraction of sp³-hybridized carbons (Fsp3) is 0.143. The van der Waals surface area contributed by atoms with Gasteiger partial charge in [0.2, 0.25) is 0 Å². The van der Waals surface area contributed by atoms with Crippen LogP contribution in [0.5, 0.6) is 5.75 Å². The highest BCUT2D eigenvalue weighted by atomic mass is 127. The molecular weight excluding hydrogens is 271 g/mol. The highest BCUT2D eigenvalue weighted by Gasteiger charge is 2.15. The normalized spacial score (nSPS) is 14.6. The second-order valence-corrected chi connectivity index (χ2v) is 3.45. The Morgan fingerprint density at radius 2 is 2.50 bits per heavy atom. The van der Waals surface area contributed by atoms with Crippen molar-refractivity contribution in [2.75, 3.05) is 11.9 Å². The Kier molecular flexibility index (Phi) is 1.87. The van der Waals surface area contributed by atoms with Gasteiger partial charge >= 0.3 is 0 Å². The standard InChI is InChI=1S/C7H5IN2O2/c8-6-1-5-4(2-9-6)10-7(11)3-12-5/h1-2H,3H2,(H,10,11). The fourth-order valence-electron chi connectivity index (χ4n) is 0.956. The van der Waals surface area contributed by atoms with Crippen molar-refractivity contribution in [3.63, 3.8) is 0 Å². The number of aromatic nitrogens is 1. The maximum absolute atomic E-state index is 10.8. The minimum absolute atomic E-state index is 0.0904. The molecule has 0 radical (unpaired) electrons. The first kappa shape index (κ1) is 7.78. The summed E-state index contributed by atoms with van der Waals surface area (Å²) in [4.78, 5) is 14.9. The Balaban J connectivity index is 2.43. The van der Waals surface area contributed by atoms with E-state index in [1.807, 2.05) is 0 Å². The van der Waals surface area contributed by atoms with E-state index < -0.39 is 0 Å². The molecule has 0 fully saturated rings. The summed E-state index contributed by atoms with van der Waals surface area (Å²) in [7, 11) is 0. The summed E-state index contributed by atoms with van der Waals surface area (Å²) in [5.74, 6) is 0.555. The lowest BCUT2D eigenvalue weighted by Gasteiger charge is -2.16. The second-order valence-electron chi connectivity index (χ2n) is 2.34. The minimum Gasteiger partial charge on any atom is -0.481 e. The molecule has 0 bridgehead atoms. The lowest BCUT2D eigenvalue weighted by Crippen LogP contribution is -2.25. The summed E-state index contributed by atoms with van der Waals surface area (Å²) in [6, 6.07) is 1.79. The van der Waals surface area contributed by atoms with E-state index in [0.29, 0.717) is 11.4 Å². The highest BCUT2D eigenvalue weighted by molar-refractivity contribution is 14.1. The smallest absolute Gasteiger partial charge is 0.262 e. The van der Waals surface area contributed by atoms with Gasteiger partial charge in [-0.15, -0.1) is 0 Å². The molecule has 5 heteroatoms. The zero-order valence-corrected chi connectivity index (χ0v) is 8.16. The maximum Gasteiger partial charge on any atom is 0.262 e. The Bertz CT molecular complexity index is 340. The molecule has 1 aliphatic heterocycles. The molecular formula is C7H5IN2O2. The zero-order chi connectivity index (χ0) is 8.55. The van der Waals surface area contributed by atoms with Crippen molar-refractivity contribution in [2.45, 2.75) is 0 Å². The van der Waals surface area contributed by atoms with Crippen molar-refractivity contribution in [1.29, 1.82) is 0 Å². The van der Waals surface area contributed by atoms with Crippen LogP contribution in [0.15, 0.2) is 12.3 Å². The van der Waals surface area contributed by atoms with E-state index in [1.54, 1.807) is 12.3 Å². The SMILES string of the molecule is O=C1COc2cc(I)ncc2N1. The lowest BCUT2D eigenvalue weighted by molar-refractivity contribution is -0.118. The number of halogens is 1. The number of hydrogen-bond donors (Lipinski definition) is 1. The van der Waals surface area contributed by atoms with Gasteiger partial charge in [0.15, 0.2) is 6.61 Å². The molecule has 0 saturated heterocycles. The zero-order valence-electron chi connectivity index (χ0n) is 6.00. The van der Waals surface area contributed by atoms with Crippen LogP contribution >= 0.6 is 22.6 Å². The first-order valence-corrected chi connectivity index (χ1v) is 4.42. The summed E-state index contributed by atoms with van der Waals surface area (Å²) in [6.07, 6.45) is 1.59. The van der Waals surface area contributed by atoms with Gasteiger partial charge in [0.1, 0.15) is 15.1 Å². The van der Waals surface area contributed by atoms with Crippen LogP contribution in [-0.4, -0.2) is 17.5 Å². The van der Waals surface area contributed by atoms with Crippen molar-refractivity contribution in [3.05, 3.63) is 16.0 Å². The third-order valence-electron chi connectivity index (χ3n) is 1.47. The average Bonchev–Trinajstić information content (AvgIpc) is 2.05. The molecule has 1 aliphatic rings. The average molecular weight is 276 g/mol. The molecule has 1 amide bonds. The number of fused-ring (bicyclic) bond motifs is 1. The summed E-state index contributed by atoms with van der Waals surface area (Å²) < 4.78 is 6.01. The molecule has 2 rings (SSSR count). The topological polar surface area (TPSA) is 51.2 Å². The number of nitrogens with one attached hydrogen (secondary N) is 1. The predicted molar refractivity (Wildman–Crippen MR) is 51.1 cm³/mol. The number of anilines is 1. The van der Waals surface area contributed by atoms with E-state index >= 15 is 0 Å². The van der Waals surface area contributed by atoms with E-state index in [0.717, 1.165) is 3.70 Å². The van der Waals surface area contributed by atoms with E-state index in [9.17, 15) is 4.79 Å². The Morgan fingerprint density at radius 3 is 3.33 bits per heavy atom. The molecule has 0 unspecified atom stereocenters. The monoisotopic (exact) mass is 276 g/mol. The first-order chi connectivity index (χ1) is 5.75. The van der Waals surface area contributed by atoms with Gasteiger partial charge in [-0.1, -0.05) is 0 Å². The van der Waals surface area contributed by atoms with Gasteiger partial charge in [0.25, 0.3) is 5.91 Å². The van der Waals surface area contributed by atoms with Crippen LogP contribution in [-0.2, 0) is 4.79 Å². The highest BCUT2D eigenvalue weighted by Crippen LogP contribution is 2.27. The van der Waals surface area contributed by atoms with Gasteiger partial charge in [-0.2, -0.15) is 0 Å². The number of amides is 1. The molecule has 62 valence electrons. The maximum atomic E-state index is 10.8. The van der Waals surface area contributed by atoms with Crippen molar-refractivity contribution in [1.82, 2.24) is 4.98 Å². The number of hydrogen-bond acceptors (Lipinski definition) is 3. The molecule has 0 spiro atoms. The molecule has 0 aromatic carbocycles. The third-order valence-corrected chi connectivity index (χ3v) is 2.06. The minimum atomic E-state index is -0.134. The van der Waals surface area contributed by atoms with Gasteiger partial charge in [-0.25, -0.2) is 4.98 Å². The van der Waals surface area contributed by atoms with Gasteiger partial charge in [0.05, 0.1) is 6.20 Å². The van der Waals surface area contributed by atoms with Crippen LogP contribution in [0.1, 0.15) is 0 Å². The number of nitrogens with zero attached hydrogens (tertiary/aromatic N) is 1. The molecule has 0 atom stereocenters. The van der Waals surface area contributed by atoms with Crippen LogP contribution in [0.3, 0.4) is 0 Å². The van der Waals surface area contributed by atoms with E-state index in [2.05, 4.69) is 32.9 Å². The molecule has 0 saturated carbocycles. The van der Waals surface area contributed by atoms with Crippen LogP contribution in [0.4, 0.5) is 5.69 Å². The number of carbonyl (C=O) groups is 1. The molecule has 1 N–H and O–H groups in total. The van der Waals surface area contributed by atoms with Crippen LogP contribution in [0.2, 0.25) is 0 Å². The van der Waals surface area contributed by atoms with Gasteiger partial charge < -0.3 is 10.1 Å². The number of carbonyl (C=O) groups excluding carboxylic acids is 1. The first-order valence-electron chi connectivity index (χ1n) is 3.34. The molecule has 4 nitrogen and oxygen atoms in total. The summed E-state index contributed by atoms with van der Waals surface area (Å²) in [5, 5.41) is 2.66. The van der Waals surface area contributed by atoms with E-state index in [1.165, 1.54) is 0 Å². The lowest BCUT2D eigenvalue weighted by atomic mass is 10.3. The van der Waals surface area contributed by atoms with Crippen LogP contribution in [0.25, 0.3) is 0 Å². The quantitative estimate of drug-likeness (QED) is 0.568. The summed E-state index contributed by atoms with van der Waals surface area (Å²) in [5.41, 5.74) is 0.645. The molecule has 0 aliphatic carbocycles. The molecule has 1 aromatic rings. The number of rotatable bonds is 0. The summed E-state index contributed by atoms with van der Waals surface area (Å²) >= 11 is 2.09. The Morgan fingerprint density at radius 1 is 1.67 bits per heavy atom. The van der Waals surface area contributed by atoms with Crippen LogP contribution in [0, 0.1) is 3.70 Å². The summed E-state index contributed by atoms with van der Waals surface area (Å²) in [6.45, 7) is 0.0904. The van der Waals surface area contributed by atoms with Gasteiger partial charge in [-0.05, 0) is 22.6 Å². The third kappa shape index (κ3) is 1.36. The van der Waals surface area contributed by atoms with Crippen molar-refractivity contribution in [2.24, 2.45) is 0 Å². The van der Waals surface area contributed by atoms with Crippen LogP contribution < -0.4 is 10.1 Å². The Labute approximate surface area is 82.5 Å². The number of ether oxygens (including phenoxy) is 1. The Hall–Kier alpha value is -0.850. The molecule has 2 heterocycles. The van der Waals surface area contributed by atoms with E-state index in [4.69, 9.17) is 4.74 Å².